The lowest BCUT2D eigenvalue weighted by molar-refractivity contribution is 0.0629. The van der Waals surface area contributed by atoms with Crippen LogP contribution in [0.1, 0.15) is 30.5 Å². The van der Waals surface area contributed by atoms with E-state index in [0.717, 1.165) is 24.2 Å². The fraction of sp³-hybridized carbons (Fsp3) is 0.571. The average molecular weight is 237 g/mol. The fourth-order valence-corrected chi connectivity index (χ4v) is 2.63. The quantitative estimate of drug-likeness (QED) is 0.872. The minimum absolute atomic E-state index is 0.146. The molecule has 0 bridgehead atoms. The fourth-order valence-electron chi connectivity index (χ4n) is 2.63. The number of halogens is 1. The zero-order valence-electron chi connectivity index (χ0n) is 10.7. The van der Waals surface area contributed by atoms with Crippen molar-refractivity contribution < 1.29 is 9.13 Å². The van der Waals surface area contributed by atoms with Crippen LogP contribution >= 0.6 is 0 Å². The van der Waals surface area contributed by atoms with E-state index in [9.17, 15) is 4.39 Å². The van der Waals surface area contributed by atoms with Crippen LogP contribution in [0.2, 0.25) is 0 Å². The maximum atomic E-state index is 13.1. The Balaban J connectivity index is 2.28. The summed E-state index contributed by atoms with van der Waals surface area (Å²) < 4.78 is 18.9. The molecular weight excluding hydrogens is 217 g/mol. The molecule has 94 valence electrons. The number of aryl methyl sites for hydroxylation is 1. The summed E-state index contributed by atoms with van der Waals surface area (Å²) >= 11 is 0. The smallest absolute Gasteiger partial charge is 0.123 e. The second-order valence-corrected chi connectivity index (χ2v) is 4.87. The molecular formula is C14H20FNO. The van der Waals surface area contributed by atoms with Gasteiger partial charge in [-0.25, -0.2) is 4.39 Å². The predicted octanol–water partition coefficient (Wildman–Crippen LogP) is 2.82. The molecule has 1 N–H and O–H groups in total. The van der Waals surface area contributed by atoms with Gasteiger partial charge >= 0.3 is 0 Å². The van der Waals surface area contributed by atoms with E-state index >= 15 is 0 Å². The zero-order chi connectivity index (χ0) is 12.4. The van der Waals surface area contributed by atoms with Crippen molar-refractivity contribution in [1.29, 1.82) is 0 Å². The van der Waals surface area contributed by atoms with E-state index in [1.54, 1.807) is 6.07 Å². The third-order valence-corrected chi connectivity index (χ3v) is 3.65. The number of benzene rings is 1. The Bertz CT molecular complexity index is 394. The summed E-state index contributed by atoms with van der Waals surface area (Å²) in [6.07, 6.45) is 1.28. The van der Waals surface area contributed by atoms with Gasteiger partial charge in [-0.3, -0.25) is 0 Å². The Hall–Kier alpha value is -0.930. The van der Waals surface area contributed by atoms with Crippen LogP contribution in [0.15, 0.2) is 18.2 Å². The third kappa shape index (κ3) is 2.50. The first kappa shape index (κ1) is 12.5. The van der Waals surface area contributed by atoms with Gasteiger partial charge < -0.3 is 10.1 Å². The normalized spacial score (nSPS) is 26.1. The van der Waals surface area contributed by atoms with Crippen molar-refractivity contribution in [3.63, 3.8) is 0 Å². The summed E-state index contributed by atoms with van der Waals surface area (Å²) in [7, 11) is 1.93. The summed E-state index contributed by atoms with van der Waals surface area (Å²) in [6, 6.07) is 5.11. The molecule has 0 amide bonds. The number of ether oxygens (including phenoxy) is 1. The molecule has 3 atom stereocenters. The summed E-state index contributed by atoms with van der Waals surface area (Å²) in [6.45, 7) is 4.98. The summed E-state index contributed by atoms with van der Waals surface area (Å²) in [5.74, 6) is 0.360. The summed E-state index contributed by atoms with van der Waals surface area (Å²) in [5, 5.41) is 3.30. The maximum Gasteiger partial charge on any atom is 0.123 e. The van der Waals surface area contributed by atoms with Gasteiger partial charge in [0.1, 0.15) is 5.82 Å². The largest absolute Gasteiger partial charge is 0.376 e. The molecule has 2 nitrogen and oxygen atoms in total. The molecule has 0 aliphatic carbocycles. The molecule has 3 heteroatoms. The summed E-state index contributed by atoms with van der Waals surface area (Å²) in [4.78, 5) is 0. The Morgan fingerprint density at radius 2 is 2.24 bits per heavy atom. The van der Waals surface area contributed by atoms with E-state index in [1.165, 1.54) is 6.07 Å². The highest BCUT2D eigenvalue weighted by Gasteiger charge is 2.32. The van der Waals surface area contributed by atoms with E-state index < -0.39 is 0 Å². The minimum Gasteiger partial charge on any atom is -0.376 e. The number of rotatable bonds is 3. The van der Waals surface area contributed by atoms with Crippen LogP contribution in [-0.2, 0) is 4.74 Å². The van der Waals surface area contributed by atoms with Crippen molar-refractivity contribution in [3.8, 4) is 0 Å². The van der Waals surface area contributed by atoms with Crippen molar-refractivity contribution in [3.05, 3.63) is 35.1 Å². The van der Waals surface area contributed by atoms with E-state index in [4.69, 9.17) is 4.74 Å². The molecule has 1 saturated heterocycles. The molecule has 1 aromatic carbocycles. The zero-order valence-corrected chi connectivity index (χ0v) is 10.7. The Morgan fingerprint density at radius 3 is 2.76 bits per heavy atom. The first-order chi connectivity index (χ1) is 8.13. The van der Waals surface area contributed by atoms with Gasteiger partial charge in [0.2, 0.25) is 0 Å². The molecule has 1 fully saturated rings. The number of hydrogen-bond donors (Lipinski definition) is 1. The van der Waals surface area contributed by atoms with E-state index in [2.05, 4.69) is 12.2 Å². The van der Waals surface area contributed by atoms with Gasteiger partial charge in [0.25, 0.3) is 0 Å². The molecule has 1 aliphatic rings. The van der Waals surface area contributed by atoms with Crippen molar-refractivity contribution in [2.24, 2.45) is 5.92 Å². The molecule has 0 saturated carbocycles. The monoisotopic (exact) mass is 237 g/mol. The Labute approximate surface area is 102 Å². The second-order valence-electron chi connectivity index (χ2n) is 4.87. The van der Waals surface area contributed by atoms with Crippen LogP contribution < -0.4 is 5.32 Å². The highest BCUT2D eigenvalue weighted by molar-refractivity contribution is 5.30. The van der Waals surface area contributed by atoms with E-state index in [1.807, 2.05) is 20.0 Å². The van der Waals surface area contributed by atoms with Gasteiger partial charge in [-0.1, -0.05) is 13.0 Å². The molecule has 0 aromatic heterocycles. The van der Waals surface area contributed by atoms with Crippen LogP contribution in [0.25, 0.3) is 0 Å². The highest BCUT2D eigenvalue weighted by atomic mass is 19.1. The Kier molecular flexibility index (Phi) is 3.79. The lowest BCUT2D eigenvalue weighted by Crippen LogP contribution is -2.33. The van der Waals surface area contributed by atoms with Gasteiger partial charge in [0.15, 0.2) is 0 Å². The van der Waals surface area contributed by atoms with Crippen molar-refractivity contribution in [1.82, 2.24) is 5.32 Å². The standard InChI is InChI=1S/C14H20FNO/c1-9-6-7-17-14(9)13(16-3)12-5-4-11(15)8-10(12)2/h4-5,8-9,13-14,16H,6-7H2,1-3H3. The van der Waals surface area contributed by atoms with E-state index in [-0.39, 0.29) is 18.0 Å². The number of nitrogens with one attached hydrogen (secondary N) is 1. The SMILES string of the molecule is CNC(c1ccc(F)cc1C)C1OCCC1C. The predicted molar refractivity (Wildman–Crippen MR) is 66.5 cm³/mol. The first-order valence-corrected chi connectivity index (χ1v) is 6.18. The lowest BCUT2D eigenvalue weighted by atomic mass is 9.90. The molecule has 2 rings (SSSR count). The maximum absolute atomic E-state index is 13.1. The lowest BCUT2D eigenvalue weighted by Gasteiger charge is -2.27. The molecule has 3 unspecified atom stereocenters. The average Bonchev–Trinajstić information content (AvgIpc) is 2.69. The van der Waals surface area contributed by atoms with Crippen LogP contribution in [0.3, 0.4) is 0 Å². The van der Waals surface area contributed by atoms with Crippen LogP contribution in [0.4, 0.5) is 4.39 Å². The van der Waals surface area contributed by atoms with Crippen molar-refractivity contribution in [2.75, 3.05) is 13.7 Å². The second kappa shape index (κ2) is 5.15. The van der Waals surface area contributed by atoms with Crippen LogP contribution in [0, 0.1) is 18.7 Å². The van der Waals surface area contributed by atoms with Crippen LogP contribution in [-0.4, -0.2) is 19.8 Å². The molecule has 0 spiro atoms. The minimum atomic E-state index is -0.179. The first-order valence-electron chi connectivity index (χ1n) is 6.18. The topological polar surface area (TPSA) is 21.3 Å². The van der Waals surface area contributed by atoms with Gasteiger partial charge in [0.05, 0.1) is 12.1 Å². The van der Waals surface area contributed by atoms with Gasteiger partial charge in [-0.15, -0.1) is 0 Å². The molecule has 1 heterocycles. The molecule has 1 aliphatic heterocycles. The molecule has 17 heavy (non-hydrogen) atoms. The van der Waals surface area contributed by atoms with Crippen molar-refractivity contribution in [2.45, 2.75) is 32.4 Å². The van der Waals surface area contributed by atoms with E-state index in [0.29, 0.717) is 5.92 Å². The van der Waals surface area contributed by atoms with Crippen molar-refractivity contribution >= 4 is 0 Å². The van der Waals surface area contributed by atoms with Crippen LogP contribution in [0.5, 0.6) is 0 Å². The van der Waals surface area contributed by atoms with Gasteiger partial charge in [-0.05, 0) is 49.6 Å². The molecule has 1 aromatic rings. The highest BCUT2D eigenvalue weighted by Crippen LogP contribution is 2.32. The Morgan fingerprint density at radius 1 is 1.47 bits per heavy atom. The van der Waals surface area contributed by atoms with Gasteiger partial charge in [-0.2, -0.15) is 0 Å². The third-order valence-electron chi connectivity index (χ3n) is 3.65. The molecule has 0 radical (unpaired) electrons. The van der Waals surface area contributed by atoms with Gasteiger partial charge in [0, 0.05) is 6.61 Å². The summed E-state index contributed by atoms with van der Waals surface area (Å²) in [5.41, 5.74) is 2.11. The number of hydrogen-bond acceptors (Lipinski definition) is 2. The number of likely N-dealkylation sites (N-methyl/N-ethyl adjacent to an activating group) is 1.